The maximum atomic E-state index is 11.9. The average Bonchev–Trinajstić information content (AvgIpc) is 2.59. The molecule has 2 bridgehead atoms. The Kier molecular flexibility index (Phi) is 1.64. The van der Waals surface area contributed by atoms with Crippen LogP contribution in [-0.2, 0) is 4.79 Å². The largest absolute Gasteiger partial charge is 0.298 e. The molecule has 2 nitrogen and oxygen atoms in total. The van der Waals surface area contributed by atoms with Gasteiger partial charge in [0.05, 0.1) is 6.04 Å². The van der Waals surface area contributed by atoms with Crippen LogP contribution in [0.15, 0.2) is 0 Å². The molecule has 1 heterocycles. The normalized spacial score (nSPS) is 52.2. The van der Waals surface area contributed by atoms with Crippen molar-refractivity contribution in [3.05, 3.63) is 0 Å². The summed E-state index contributed by atoms with van der Waals surface area (Å²) in [7, 11) is 2.16. The van der Waals surface area contributed by atoms with E-state index in [4.69, 9.17) is 0 Å². The minimum Gasteiger partial charge on any atom is -0.298 e. The second kappa shape index (κ2) is 2.72. The van der Waals surface area contributed by atoms with Gasteiger partial charge in [0.1, 0.15) is 5.78 Å². The standard InChI is InChI=1S/C14H21NO/c1-8(16)13-12-10(7-15(13)2)9-5-11(12)14(6-9)3-4-14/h9-13H,3-7H2,1-2H3/t9-,10+,11-,12+,13+/m0/s1. The van der Waals surface area contributed by atoms with Crippen molar-refractivity contribution in [2.45, 2.75) is 38.6 Å². The van der Waals surface area contributed by atoms with Crippen LogP contribution >= 0.6 is 0 Å². The van der Waals surface area contributed by atoms with E-state index in [2.05, 4.69) is 11.9 Å². The van der Waals surface area contributed by atoms with Gasteiger partial charge in [-0.05, 0) is 68.7 Å². The van der Waals surface area contributed by atoms with Gasteiger partial charge in [-0.3, -0.25) is 9.69 Å². The number of carbonyl (C=O) groups excluding carboxylic acids is 1. The summed E-state index contributed by atoms with van der Waals surface area (Å²) in [6, 6.07) is 0.262. The minimum absolute atomic E-state index is 0.262. The van der Waals surface area contributed by atoms with E-state index in [9.17, 15) is 4.79 Å². The molecule has 4 fully saturated rings. The Bertz CT molecular complexity index is 360. The number of fused-ring (bicyclic) bond motifs is 6. The molecular formula is C14H21NO. The molecule has 1 saturated heterocycles. The van der Waals surface area contributed by atoms with Gasteiger partial charge in [0, 0.05) is 6.54 Å². The smallest absolute Gasteiger partial charge is 0.147 e. The number of likely N-dealkylation sites (N-methyl/N-ethyl adjacent to an activating group) is 1. The summed E-state index contributed by atoms with van der Waals surface area (Å²) in [6.07, 6.45) is 5.88. The Morgan fingerprint density at radius 1 is 1.38 bits per heavy atom. The number of Topliss-reactive ketones (excluding diaryl/α,β-unsaturated/α-hetero) is 1. The molecule has 1 spiro atoms. The van der Waals surface area contributed by atoms with Crippen molar-refractivity contribution in [1.82, 2.24) is 4.90 Å². The Balaban J connectivity index is 1.71. The third-order valence-electron chi connectivity index (χ3n) is 6.22. The first-order valence-electron chi connectivity index (χ1n) is 6.83. The van der Waals surface area contributed by atoms with Crippen LogP contribution in [0.25, 0.3) is 0 Å². The average molecular weight is 219 g/mol. The lowest BCUT2D eigenvalue weighted by molar-refractivity contribution is -0.122. The van der Waals surface area contributed by atoms with Crippen LogP contribution in [0.2, 0.25) is 0 Å². The van der Waals surface area contributed by atoms with E-state index < -0.39 is 0 Å². The van der Waals surface area contributed by atoms with E-state index >= 15 is 0 Å². The quantitative estimate of drug-likeness (QED) is 0.672. The molecule has 0 aromatic rings. The highest BCUT2D eigenvalue weighted by Crippen LogP contribution is 2.73. The highest BCUT2D eigenvalue weighted by molar-refractivity contribution is 5.82. The number of nitrogens with zero attached hydrogens (tertiary/aromatic N) is 1. The van der Waals surface area contributed by atoms with E-state index in [1.165, 1.54) is 32.2 Å². The van der Waals surface area contributed by atoms with Crippen LogP contribution < -0.4 is 0 Å². The van der Waals surface area contributed by atoms with E-state index in [1.54, 1.807) is 6.92 Å². The van der Waals surface area contributed by atoms with Crippen LogP contribution in [0.1, 0.15) is 32.6 Å². The molecule has 0 N–H and O–H groups in total. The van der Waals surface area contributed by atoms with E-state index in [1.807, 2.05) is 0 Å². The predicted octanol–water partition coefficient (Wildman–Crippen LogP) is 1.94. The van der Waals surface area contributed by atoms with Crippen LogP contribution in [0, 0.1) is 29.1 Å². The fourth-order valence-corrected chi connectivity index (χ4v) is 5.62. The summed E-state index contributed by atoms with van der Waals surface area (Å²) in [6.45, 7) is 2.99. The molecular weight excluding hydrogens is 198 g/mol. The maximum Gasteiger partial charge on any atom is 0.147 e. The van der Waals surface area contributed by atoms with E-state index in [0.29, 0.717) is 5.78 Å². The Morgan fingerprint density at radius 3 is 2.75 bits per heavy atom. The number of rotatable bonds is 1. The van der Waals surface area contributed by atoms with Crippen molar-refractivity contribution in [2.75, 3.05) is 13.6 Å². The van der Waals surface area contributed by atoms with Crippen LogP contribution in [0.5, 0.6) is 0 Å². The van der Waals surface area contributed by atoms with Crippen LogP contribution in [0.4, 0.5) is 0 Å². The summed E-state index contributed by atoms with van der Waals surface area (Å²) in [5.41, 5.74) is 0.727. The number of carbonyl (C=O) groups is 1. The second-order valence-electron chi connectivity index (χ2n) is 6.91. The molecule has 0 aromatic heterocycles. The molecule has 16 heavy (non-hydrogen) atoms. The van der Waals surface area contributed by atoms with Gasteiger partial charge in [-0.2, -0.15) is 0 Å². The topological polar surface area (TPSA) is 20.3 Å². The molecule has 1 aliphatic heterocycles. The summed E-state index contributed by atoms with van der Waals surface area (Å²) in [5.74, 6) is 3.86. The van der Waals surface area contributed by atoms with Crippen molar-refractivity contribution < 1.29 is 4.79 Å². The Labute approximate surface area is 97.4 Å². The van der Waals surface area contributed by atoms with E-state index in [-0.39, 0.29) is 6.04 Å². The third kappa shape index (κ3) is 0.958. The summed E-state index contributed by atoms with van der Waals surface area (Å²) in [4.78, 5) is 14.2. The zero-order chi connectivity index (χ0) is 11.1. The van der Waals surface area contributed by atoms with Gasteiger partial charge in [-0.15, -0.1) is 0 Å². The van der Waals surface area contributed by atoms with Gasteiger partial charge >= 0.3 is 0 Å². The lowest BCUT2D eigenvalue weighted by Crippen LogP contribution is -2.40. The second-order valence-corrected chi connectivity index (χ2v) is 6.91. The molecule has 0 unspecified atom stereocenters. The first-order valence-corrected chi connectivity index (χ1v) is 6.83. The molecule has 2 heteroatoms. The monoisotopic (exact) mass is 219 g/mol. The van der Waals surface area contributed by atoms with Crippen molar-refractivity contribution in [3.8, 4) is 0 Å². The maximum absolute atomic E-state index is 11.9. The molecule has 5 atom stereocenters. The van der Waals surface area contributed by atoms with Gasteiger partial charge in [0.2, 0.25) is 0 Å². The fourth-order valence-electron chi connectivity index (χ4n) is 5.62. The molecule has 88 valence electrons. The van der Waals surface area contributed by atoms with Gasteiger partial charge in [0.15, 0.2) is 0 Å². The number of likely N-dealkylation sites (tertiary alicyclic amines) is 1. The van der Waals surface area contributed by atoms with Gasteiger partial charge in [-0.1, -0.05) is 0 Å². The molecule has 3 aliphatic carbocycles. The lowest BCUT2D eigenvalue weighted by atomic mass is 9.70. The zero-order valence-corrected chi connectivity index (χ0v) is 10.3. The Morgan fingerprint density at radius 2 is 2.12 bits per heavy atom. The molecule has 4 rings (SSSR count). The highest BCUT2D eigenvalue weighted by Gasteiger charge is 2.68. The first kappa shape index (κ1) is 9.64. The highest BCUT2D eigenvalue weighted by atomic mass is 16.1. The molecule has 0 aromatic carbocycles. The molecule has 0 amide bonds. The number of hydrogen-bond acceptors (Lipinski definition) is 2. The zero-order valence-electron chi connectivity index (χ0n) is 10.3. The third-order valence-corrected chi connectivity index (χ3v) is 6.22. The van der Waals surface area contributed by atoms with E-state index in [0.717, 1.165) is 29.1 Å². The molecule has 4 aliphatic rings. The number of ketones is 1. The minimum atomic E-state index is 0.262. The number of hydrogen-bond donors (Lipinski definition) is 0. The van der Waals surface area contributed by atoms with Crippen molar-refractivity contribution in [3.63, 3.8) is 0 Å². The SMILES string of the molecule is CC(=O)[C@@H]1[C@@H]2[C@H](CN1C)[C@H]1C[C@@H]2C2(CC2)C1. The van der Waals surface area contributed by atoms with Gasteiger partial charge in [-0.25, -0.2) is 0 Å². The Hall–Kier alpha value is -0.370. The van der Waals surface area contributed by atoms with Crippen LogP contribution in [0.3, 0.4) is 0 Å². The van der Waals surface area contributed by atoms with Crippen molar-refractivity contribution in [2.24, 2.45) is 29.1 Å². The molecule has 0 radical (unpaired) electrons. The summed E-state index contributed by atoms with van der Waals surface area (Å²) >= 11 is 0. The fraction of sp³-hybridized carbons (Fsp3) is 0.929. The lowest BCUT2D eigenvalue weighted by Gasteiger charge is -2.34. The van der Waals surface area contributed by atoms with Crippen LogP contribution in [-0.4, -0.2) is 30.3 Å². The summed E-state index contributed by atoms with van der Waals surface area (Å²) < 4.78 is 0. The summed E-state index contributed by atoms with van der Waals surface area (Å²) in [5, 5.41) is 0. The first-order chi connectivity index (χ1) is 7.62. The molecule has 3 saturated carbocycles. The van der Waals surface area contributed by atoms with Crippen molar-refractivity contribution >= 4 is 5.78 Å². The van der Waals surface area contributed by atoms with Gasteiger partial charge < -0.3 is 0 Å². The van der Waals surface area contributed by atoms with Gasteiger partial charge in [0.25, 0.3) is 0 Å². The predicted molar refractivity (Wildman–Crippen MR) is 62.0 cm³/mol. The van der Waals surface area contributed by atoms with Crippen molar-refractivity contribution in [1.29, 1.82) is 0 Å².